The fourth-order valence-electron chi connectivity index (χ4n) is 0.590. The monoisotopic (exact) mass is 252 g/mol. The molecule has 82 valence electrons. The van der Waals surface area contributed by atoms with Crippen LogP contribution in [0.5, 0.6) is 0 Å². The molecule has 0 aromatic heterocycles. The highest BCUT2D eigenvalue weighted by Crippen LogP contribution is 2.00. The lowest BCUT2D eigenvalue weighted by Crippen LogP contribution is -2.23. The van der Waals surface area contributed by atoms with Crippen LogP contribution in [0.2, 0.25) is 0 Å². The van der Waals surface area contributed by atoms with Crippen molar-refractivity contribution in [2.75, 3.05) is 11.9 Å². The van der Waals surface area contributed by atoms with E-state index in [2.05, 4.69) is 49.1 Å². The number of nitrogens with two attached hydrogens (primary N) is 1. The Bertz CT molecular complexity index is 85.0. The predicted octanol–water partition coefficient (Wildman–Crippen LogP) is 2.92. The molecule has 0 radical (unpaired) electrons. The minimum absolute atomic E-state index is 0.760. The molecule has 0 rings (SSSR count). The van der Waals surface area contributed by atoms with E-state index >= 15 is 0 Å². The van der Waals surface area contributed by atoms with Crippen molar-refractivity contribution in [2.24, 2.45) is 17.7 Å². The molecule has 0 aromatic rings. The average Bonchev–Trinajstić information content (AvgIpc) is 2.01. The first-order valence-corrected chi connectivity index (χ1v) is 6.16. The van der Waals surface area contributed by atoms with Gasteiger partial charge in [0.05, 0.1) is 0 Å². The molecule has 0 heterocycles. The van der Waals surface area contributed by atoms with Crippen molar-refractivity contribution in [1.29, 1.82) is 0 Å². The molecular weight excluding hydrogens is 228 g/mol. The van der Waals surface area contributed by atoms with Gasteiger partial charge in [0.2, 0.25) is 0 Å². The Morgan fingerprint density at radius 3 is 1.62 bits per heavy atom. The number of hydrazine groups is 1. The Balaban J connectivity index is 0. The molecule has 0 bridgehead atoms. The molecule has 0 amide bonds. The molecule has 0 atom stereocenters. The lowest BCUT2D eigenvalue weighted by molar-refractivity contribution is 0.547. The molecule has 3 heteroatoms. The molecule has 0 aromatic carbocycles. The van der Waals surface area contributed by atoms with Gasteiger partial charge in [-0.25, -0.2) is 0 Å². The molecule has 0 aliphatic heterocycles. The number of nitrogens with one attached hydrogen (secondary N) is 1. The van der Waals surface area contributed by atoms with Gasteiger partial charge in [0.15, 0.2) is 0 Å². The van der Waals surface area contributed by atoms with E-state index in [1.165, 1.54) is 6.42 Å². The van der Waals surface area contributed by atoms with Gasteiger partial charge >= 0.3 is 0 Å². The number of hydrogen-bond acceptors (Lipinski definition) is 2. The molecule has 0 fully saturated rings. The second-order valence-corrected chi connectivity index (χ2v) is 4.80. The maximum absolute atomic E-state index is 5.03. The Labute approximate surface area is 91.8 Å². The normalized spacial score (nSPS) is 10.2. The largest absolute Gasteiger partial charge is 0.271 e. The van der Waals surface area contributed by atoms with Crippen molar-refractivity contribution in [1.82, 2.24) is 5.43 Å². The number of hydrogen-bond donors (Lipinski definition) is 2. The summed E-state index contributed by atoms with van der Waals surface area (Å²) in [7, 11) is 0. The molecule has 3 N–H and O–H groups in total. The van der Waals surface area contributed by atoms with Gasteiger partial charge in [-0.1, -0.05) is 43.6 Å². The highest BCUT2D eigenvalue weighted by molar-refractivity contribution is 9.09. The highest BCUT2D eigenvalue weighted by Gasteiger charge is 1.88. The highest BCUT2D eigenvalue weighted by atomic mass is 79.9. The summed E-state index contributed by atoms with van der Waals surface area (Å²) in [5, 5.41) is 1.14. The minimum atomic E-state index is 0.760. The van der Waals surface area contributed by atoms with Gasteiger partial charge in [-0.3, -0.25) is 11.3 Å². The van der Waals surface area contributed by atoms with Gasteiger partial charge in [0, 0.05) is 11.9 Å². The van der Waals surface area contributed by atoms with Gasteiger partial charge in [-0.05, 0) is 24.7 Å². The lowest BCUT2D eigenvalue weighted by atomic mass is 10.1. The third-order valence-corrected chi connectivity index (χ3v) is 2.01. The van der Waals surface area contributed by atoms with E-state index in [0.717, 1.165) is 30.1 Å². The standard InChI is InChI=1S/C5H11Br.C5H14N2/c1-5(2)3-4-6;1-5(2)3-4-7-6/h5H,3-4H2,1-2H3;5,7H,3-4,6H2,1-2H3. The van der Waals surface area contributed by atoms with Gasteiger partial charge < -0.3 is 0 Å². The third kappa shape index (κ3) is 24.5. The molecule has 2 nitrogen and oxygen atoms in total. The number of rotatable bonds is 5. The van der Waals surface area contributed by atoms with E-state index in [0.29, 0.717) is 0 Å². The van der Waals surface area contributed by atoms with Crippen molar-refractivity contribution in [3.8, 4) is 0 Å². The van der Waals surface area contributed by atoms with Crippen LogP contribution in [-0.4, -0.2) is 11.9 Å². The van der Waals surface area contributed by atoms with Crippen molar-refractivity contribution in [3.63, 3.8) is 0 Å². The topological polar surface area (TPSA) is 38.0 Å². The molecule has 0 saturated carbocycles. The number of halogens is 1. The van der Waals surface area contributed by atoms with Crippen molar-refractivity contribution < 1.29 is 0 Å². The zero-order valence-electron chi connectivity index (χ0n) is 9.44. The first kappa shape index (κ1) is 15.9. The molecule has 0 aliphatic rings. The fourth-order valence-corrected chi connectivity index (χ4v) is 1.51. The van der Waals surface area contributed by atoms with Gasteiger partial charge in [-0.15, -0.1) is 0 Å². The third-order valence-electron chi connectivity index (χ3n) is 1.55. The summed E-state index contributed by atoms with van der Waals surface area (Å²) in [6, 6.07) is 0. The van der Waals surface area contributed by atoms with E-state index in [9.17, 15) is 0 Å². The summed E-state index contributed by atoms with van der Waals surface area (Å²) in [5.41, 5.74) is 2.60. The van der Waals surface area contributed by atoms with Crippen molar-refractivity contribution in [2.45, 2.75) is 40.5 Å². The van der Waals surface area contributed by atoms with E-state index in [1.807, 2.05) is 0 Å². The van der Waals surface area contributed by atoms with Crippen LogP contribution in [0.25, 0.3) is 0 Å². The quantitative estimate of drug-likeness (QED) is 0.449. The zero-order chi connectivity index (χ0) is 10.7. The molecule has 0 unspecified atom stereocenters. The maximum atomic E-state index is 5.03. The molecular formula is C10H25BrN2. The summed E-state index contributed by atoms with van der Waals surface area (Å²) >= 11 is 3.35. The van der Waals surface area contributed by atoms with Crippen LogP contribution in [0.15, 0.2) is 0 Å². The van der Waals surface area contributed by atoms with Crippen molar-refractivity contribution >= 4 is 15.9 Å². The Hall–Kier alpha value is 0.400. The second kappa shape index (κ2) is 12.4. The van der Waals surface area contributed by atoms with Crippen LogP contribution in [0.4, 0.5) is 0 Å². The van der Waals surface area contributed by atoms with Crippen LogP contribution in [0.3, 0.4) is 0 Å². The predicted molar refractivity (Wildman–Crippen MR) is 64.9 cm³/mol. The van der Waals surface area contributed by atoms with Crippen LogP contribution < -0.4 is 11.3 Å². The first-order valence-electron chi connectivity index (χ1n) is 5.04. The van der Waals surface area contributed by atoms with E-state index in [4.69, 9.17) is 5.84 Å². The summed E-state index contributed by atoms with van der Waals surface area (Å²) in [4.78, 5) is 0. The average molecular weight is 253 g/mol. The summed E-state index contributed by atoms with van der Waals surface area (Å²) in [6.07, 6.45) is 2.45. The van der Waals surface area contributed by atoms with E-state index in [1.54, 1.807) is 0 Å². The zero-order valence-corrected chi connectivity index (χ0v) is 11.0. The van der Waals surface area contributed by atoms with Crippen LogP contribution in [-0.2, 0) is 0 Å². The summed E-state index contributed by atoms with van der Waals surface area (Å²) in [5.74, 6) is 6.64. The van der Waals surface area contributed by atoms with Gasteiger partial charge in [-0.2, -0.15) is 0 Å². The van der Waals surface area contributed by atoms with Crippen molar-refractivity contribution in [3.05, 3.63) is 0 Å². The molecule has 0 spiro atoms. The number of alkyl halides is 1. The summed E-state index contributed by atoms with van der Waals surface area (Å²) in [6.45, 7) is 9.73. The fraction of sp³-hybridized carbons (Fsp3) is 1.00. The smallest absolute Gasteiger partial charge is 0.00998 e. The Kier molecular flexibility index (Phi) is 15.1. The Morgan fingerprint density at radius 1 is 1.08 bits per heavy atom. The van der Waals surface area contributed by atoms with Crippen LogP contribution >= 0.6 is 15.9 Å². The second-order valence-electron chi connectivity index (χ2n) is 4.01. The SMILES string of the molecule is CC(C)CCBr.CC(C)CCNN. The minimum Gasteiger partial charge on any atom is -0.271 e. The van der Waals surface area contributed by atoms with Crippen LogP contribution in [0.1, 0.15) is 40.5 Å². The lowest BCUT2D eigenvalue weighted by Gasteiger charge is -2.00. The molecule has 0 saturated heterocycles. The van der Waals surface area contributed by atoms with Crippen LogP contribution in [0, 0.1) is 11.8 Å². The van der Waals surface area contributed by atoms with E-state index < -0.39 is 0 Å². The van der Waals surface area contributed by atoms with Gasteiger partial charge in [0.25, 0.3) is 0 Å². The molecule has 13 heavy (non-hydrogen) atoms. The Morgan fingerprint density at radius 2 is 1.54 bits per heavy atom. The van der Waals surface area contributed by atoms with E-state index in [-0.39, 0.29) is 0 Å². The molecule has 0 aliphatic carbocycles. The van der Waals surface area contributed by atoms with Gasteiger partial charge in [0.1, 0.15) is 0 Å². The first-order chi connectivity index (χ1) is 6.04. The maximum Gasteiger partial charge on any atom is 0.00998 e. The summed E-state index contributed by atoms with van der Waals surface area (Å²) < 4.78 is 0.